The van der Waals surface area contributed by atoms with Crippen LogP contribution in [0.4, 0.5) is 5.13 Å². The molecule has 2 aromatic carbocycles. The maximum absolute atomic E-state index is 12.0. The monoisotopic (exact) mass is 346 g/mol. The molecule has 6 heteroatoms. The van der Waals surface area contributed by atoms with Crippen LogP contribution in [0.1, 0.15) is 11.1 Å². The van der Waals surface area contributed by atoms with Gasteiger partial charge in [-0.3, -0.25) is 10.1 Å². The Bertz CT molecular complexity index is 876. The lowest BCUT2D eigenvalue weighted by atomic mass is 10.2. The molecule has 0 radical (unpaired) electrons. The number of para-hydroxylation sites is 1. The number of aromatic nitrogens is 1. The van der Waals surface area contributed by atoms with Gasteiger partial charge in [-0.25, -0.2) is 4.98 Å². The first-order valence-electron chi connectivity index (χ1n) is 7.08. The van der Waals surface area contributed by atoms with Crippen molar-refractivity contribution in [1.29, 1.82) is 0 Å². The number of aryl methyl sites for hydroxylation is 2. The van der Waals surface area contributed by atoms with Crippen molar-refractivity contribution in [2.24, 2.45) is 0 Å². The van der Waals surface area contributed by atoms with Gasteiger partial charge in [0.2, 0.25) is 0 Å². The van der Waals surface area contributed by atoms with Gasteiger partial charge < -0.3 is 4.74 Å². The van der Waals surface area contributed by atoms with Crippen LogP contribution in [0, 0.1) is 13.8 Å². The smallest absolute Gasteiger partial charge is 0.264 e. The minimum absolute atomic E-state index is 0.113. The second-order valence-corrected chi connectivity index (χ2v) is 6.65. The van der Waals surface area contributed by atoms with Crippen LogP contribution in [0.3, 0.4) is 0 Å². The molecule has 23 heavy (non-hydrogen) atoms. The normalized spacial score (nSPS) is 10.7. The summed E-state index contributed by atoms with van der Waals surface area (Å²) >= 11 is 7.49. The fraction of sp³-hybridized carbons (Fsp3) is 0.176. The molecule has 3 rings (SSSR count). The predicted octanol–water partition coefficient (Wildman–Crippen LogP) is 4.58. The molecular weight excluding hydrogens is 332 g/mol. The average molecular weight is 347 g/mol. The Morgan fingerprint density at radius 2 is 2.13 bits per heavy atom. The molecular formula is C17H15ClN2O2S. The van der Waals surface area contributed by atoms with Crippen molar-refractivity contribution >= 4 is 44.2 Å². The Kier molecular flexibility index (Phi) is 4.50. The van der Waals surface area contributed by atoms with E-state index in [0.717, 1.165) is 21.3 Å². The Labute approximate surface area is 143 Å². The molecule has 118 valence electrons. The van der Waals surface area contributed by atoms with Gasteiger partial charge in [-0.05, 0) is 43.2 Å². The minimum Gasteiger partial charge on any atom is -0.482 e. The Hall–Kier alpha value is -2.11. The van der Waals surface area contributed by atoms with Crippen LogP contribution in [0.15, 0.2) is 36.4 Å². The Morgan fingerprint density at radius 1 is 1.30 bits per heavy atom. The third-order valence-corrected chi connectivity index (χ3v) is 4.56. The van der Waals surface area contributed by atoms with Gasteiger partial charge in [-0.1, -0.05) is 41.1 Å². The van der Waals surface area contributed by atoms with Crippen LogP contribution in [-0.4, -0.2) is 17.5 Å². The summed E-state index contributed by atoms with van der Waals surface area (Å²) in [7, 11) is 0. The number of fused-ring (bicyclic) bond motifs is 1. The molecule has 0 bridgehead atoms. The van der Waals surface area contributed by atoms with Crippen LogP contribution in [0.2, 0.25) is 5.02 Å². The van der Waals surface area contributed by atoms with Crippen molar-refractivity contribution in [3.05, 3.63) is 52.5 Å². The predicted molar refractivity (Wildman–Crippen MR) is 94.7 cm³/mol. The summed E-state index contributed by atoms with van der Waals surface area (Å²) in [6.07, 6.45) is 0. The fourth-order valence-corrected chi connectivity index (χ4v) is 3.29. The molecule has 0 atom stereocenters. The summed E-state index contributed by atoms with van der Waals surface area (Å²) in [6.45, 7) is 3.82. The first-order chi connectivity index (χ1) is 11.0. The zero-order valence-corrected chi connectivity index (χ0v) is 14.3. The van der Waals surface area contributed by atoms with Crippen LogP contribution in [-0.2, 0) is 4.79 Å². The molecule has 0 unspecified atom stereocenters. The van der Waals surface area contributed by atoms with E-state index in [1.54, 1.807) is 12.1 Å². The highest BCUT2D eigenvalue weighted by Crippen LogP contribution is 2.28. The summed E-state index contributed by atoms with van der Waals surface area (Å²) in [5, 5.41) is 3.82. The van der Waals surface area contributed by atoms with Crippen molar-refractivity contribution in [2.75, 3.05) is 11.9 Å². The molecule has 0 fully saturated rings. The fourth-order valence-electron chi connectivity index (χ4n) is 2.16. The van der Waals surface area contributed by atoms with Crippen LogP contribution < -0.4 is 10.1 Å². The zero-order valence-electron chi connectivity index (χ0n) is 12.7. The summed E-state index contributed by atoms with van der Waals surface area (Å²) in [5.41, 5.74) is 3.02. The number of hydrogen-bond acceptors (Lipinski definition) is 4. The minimum atomic E-state index is -0.265. The standard InChI is InChI=1S/C17H15ClN2O2S/c1-10-6-7-12(18)13(8-10)22-9-15(21)19-17-20-16-11(2)4-3-5-14(16)23-17/h3-8H,9H2,1-2H3,(H,19,20,21). The topological polar surface area (TPSA) is 51.2 Å². The molecule has 0 spiro atoms. The van der Waals surface area contributed by atoms with E-state index >= 15 is 0 Å². The number of thiazole rings is 1. The van der Waals surface area contributed by atoms with Gasteiger partial charge in [0, 0.05) is 0 Å². The maximum Gasteiger partial charge on any atom is 0.264 e. The quantitative estimate of drug-likeness (QED) is 0.752. The van der Waals surface area contributed by atoms with Crippen LogP contribution in [0.5, 0.6) is 5.75 Å². The van der Waals surface area contributed by atoms with E-state index in [0.29, 0.717) is 15.9 Å². The van der Waals surface area contributed by atoms with Crippen molar-refractivity contribution in [3.63, 3.8) is 0 Å². The molecule has 0 aliphatic heterocycles. The number of nitrogens with one attached hydrogen (secondary N) is 1. The van der Waals surface area contributed by atoms with Crippen molar-refractivity contribution in [1.82, 2.24) is 4.98 Å². The SMILES string of the molecule is Cc1ccc(Cl)c(OCC(=O)Nc2nc3c(C)cccc3s2)c1. The highest BCUT2D eigenvalue weighted by molar-refractivity contribution is 7.22. The van der Waals surface area contributed by atoms with E-state index in [1.807, 2.05) is 38.1 Å². The molecule has 0 saturated carbocycles. The molecule has 1 amide bonds. The number of rotatable bonds is 4. The van der Waals surface area contributed by atoms with E-state index in [1.165, 1.54) is 11.3 Å². The van der Waals surface area contributed by atoms with E-state index in [4.69, 9.17) is 16.3 Å². The zero-order chi connectivity index (χ0) is 16.4. The molecule has 1 heterocycles. The molecule has 0 aliphatic rings. The van der Waals surface area contributed by atoms with Crippen molar-refractivity contribution in [3.8, 4) is 5.75 Å². The second kappa shape index (κ2) is 6.56. The van der Waals surface area contributed by atoms with E-state index < -0.39 is 0 Å². The van der Waals surface area contributed by atoms with Gasteiger partial charge >= 0.3 is 0 Å². The molecule has 0 saturated heterocycles. The summed E-state index contributed by atoms with van der Waals surface area (Å²) < 4.78 is 6.53. The number of benzene rings is 2. The highest BCUT2D eigenvalue weighted by Gasteiger charge is 2.10. The summed E-state index contributed by atoms with van der Waals surface area (Å²) in [5.74, 6) is 0.237. The number of hydrogen-bond donors (Lipinski definition) is 1. The molecule has 1 N–H and O–H groups in total. The number of carbonyl (C=O) groups excluding carboxylic acids is 1. The number of amides is 1. The van der Waals surface area contributed by atoms with Crippen LogP contribution >= 0.6 is 22.9 Å². The number of ether oxygens (including phenoxy) is 1. The average Bonchev–Trinajstić information content (AvgIpc) is 2.92. The van der Waals surface area contributed by atoms with Gasteiger partial charge in [0.15, 0.2) is 11.7 Å². The molecule has 3 aromatic rings. The van der Waals surface area contributed by atoms with Gasteiger partial charge in [-0.2, -0.15) is 0 Å². The van der Waals surface area contributed by atoms with Gasteiger partial charge in [0.05, 0.1) is 15.2 Å². The van der Waals surface area contributed by atoms with Gasteiger partial charge in [0.1, 0.15) is 5.75 Å². The summed E-state index contributed by atoms with van der Waals surface area (Å²) in [4.78, 5) is 16.5. The number of nitrogens with zero attached hydrogens (tertiary/aromatic N) is 1. The van der Waals surface area contributed by atoms with Crippen molar-refractivity contribution < 1.29 is 9.53 Å². The third kappa shape index (κ3) is 3.63. The number of carbonyl (C=O) groups is 1. The highest BCUT2D eigenvalue weighted by atomic mass is 35.5. The van der Waals surface area contributed by atoms with Gasteiger partial charge in [0.25, 0.3) is 5.91 Å². The van der Waals surface area contributed by atoms with E-state index in [2.05, 4.69) is 10.3 Å². The number of anilines is 1. The first kappa shape index (κ1) is 15.8. The lowest BCUT2D eigenvalue weighted by molar-refractivity contribution is -0.118. The van der Waals surface area contributed by atoms with E-state index in [9.17, 15) is 4.79 Å². The third-order valence-electron chi connectivity index (χ3n) is 3.31. The van der Waals surface area contributed by atoms with Crippen LogP contribution in [0.25, 0.3) is 10.2 Å². The number of halogens is 1. The Balaban J connectivity index is 1.66. The van der Waals surface area contributed by atoms with E-state index in [-0.39, 0.29) is 12.5 Å². The molecule has 4 nitrogen and oxygen atoms in total. The second-order valence-electron chi connectivity index (χ2n) is 5.21. The summed E-state index contributed by atoms with van der Waals surface area (Å²) in [6, 6.07) is 11.4. The first-order valence-corrected chi connectivity index (χ1v) is 8.27. The largest absolute Gasteiger partial charge is 0.482 e. The van der Waals surface area contributed by atoms with Crippen molar-refractivity contribution in [2.45, 2.75) is 13.8 Å². The maximum atomic E-state index is 12.0. The lowest BCUT2D eigenvalue weighted by Crippen LogP contribution is -2.20. The Morgan fingerprint density at radius 3 is 2.91 bits per heavy atom. The molecule has 1 aromatic heterocycles. The van der Waals surface area contributed by atoms with Gasteiger partial charge in [-0.15, -0.1) is 0 Å². The lowest BCUT2D eigenvalue weighted by Gasteiger charge is -2.08. The molecule has 0 aliphatic carbocycles.